The first kappa shape index (κ1) is 20.6. The maximum atomic E-state index is 12.5. The van der Waals surface area contributed by atoms with Crippen molar-refractivity contribution in [1.29, 1.82) is 0 Å². The van der Waals surface area contributed by atoms with Gasteiger partial charge < -0.3 is 14.2 Å². The minimum atomic E-state index is -3.91. The van der Waals surface area contributed by atoms with Crippen molar-refractivity contribution >= 4 is 16.2 Å². The van der Waals surface area contributed by atoms with Crippen molar-refractivity contribution in [2.24, 2.45) is 5.10 Å². The van der Waals surface area contributed by atoms with Crippen LogP contribution in [0, 0.1) is 0 Å². The first-order valence-electron chi connectivity index (χ1n) is 8.50. The third kappa shape index (κ3) is 5.89. The first-order chi connectivity index (χ1) is 13.0. The van der Waals surface area contributed by atoms with Crippen LogP contribution in [0.5, 0.6) is 17.2 Å². The summed E-state index contributed by atoms with van der Waals surface area (Å²) in [6.07, 6.45) is 3.49. The highest BCUT2D eigenvalue weighted by atomic mass is 32.2. The Bertz CT molecular complexity index is 864. The summed E-state index contributed by atoms with van der Waals surface area (Å²) in [4.78, 5) is 2.13. The van der Waals surface area contributed by atoms with E-state index in [1.807, 2.05) is 12.1 Å². The van der Waals surface area contributed by atoms with Crippen LogP contribution in [-0.2, 0) is 10.0 Å². The molecule has 0 fully saturated rings. The molecule has 0 aliphatic heterocycles. The molecule has 0 heterocycles. The van der Waals surface area contributed by atoms with E-state index in [2.05, 4.69) is 16.9 Å². The van der Waals surface area contributed by atoms with Gasteiger partial charge in [0.1, 0.15) is 22.1 Å². The van der Waals surface area contributed by atoms with Crippen LogP contribution in [0.3, 0.4) is 0 Å². The third-order valence-corrected chi connectivity index (χ3v) is 4.94. The first-order valence-corrected chi connectivity index (χ1v) is 9.98. The number of methoxy groups -OCH3 is 2. The van der Waals surface area contributed by atoms with E-state index >= 15 is 0 Å². The monoisotopic (exact) mass is 392 g/mol. The number of sulfonamides is 1. The molecule has 0 saturated carbocycles. The Balaban J connectivity index is 2.06. The van der Waals surface area contributed by atoms with Crippen molar-refractivity contribution in [2.75, 3.05) is 20.8 Å². The van der Waals surface area contributed by atoms with Crippen LogP contribution in [0.1, 0.15) is 25.3 Å². The van der Waals surface area contributed by atoms with Gasteiger partial charge in [-0.3, -0.25) is 0 Å². The summed E-state index contributed by atoms with van der Waals surface area (Å²) in [6, 6.07) is 11.7. The number of benzene rings is 2. The zero-order chi connectivity index (χ0) is 19.7. The Kier molecular flexibility index (Phi) is 7.48. The zero-order valence-corrected chi connectivity index (χ0v) is 16.5. The van der Waals surface area contributed by atoms with Crippen LogP contribution in [-0.4, -0.2) is 35.5 Å². The molecule has 146 valence electrons. The average Bonchev–Trinajstić information content (AvgIpc) is 2.68. The lowest BCUT2D eigenvalue weighted by molar-refractivity contribution is 0.309. The SMILES string of the molecule is CCCCOc1ccc(/C=N/NS(=O)(=O)c2cc(OC)ccc2OC)cc1. The Morgan fingerprint density at radius 1 is 1.04 bits per heavy atom. The van der Waals surface area contributed by atoms with Crippen molar-refractivity contribution in [3.8, 4) is 17.2 Å². The van der Waals surface area contributed by atoms with E-state index in [1.165, 1.54) is 32.6 Å². The highest BCUT2D eigenvalue weighted by Gasteiger charge is 2.19. The predicted octanol–water partition coefficient (Wildman–Crippen LogP) is 3.20. The van der Waals surface area contributed by atoms with Crippen LogP contribution in [0.15, 0.2) is 52.5 Å². The lowest BCUT2D eigenvalue weighted by Gasteiger charge is -2.10. The second-order valence-corrected chi connectivity index (χ2v) is 7.27. The quantitative estimate of drug-likeness (QED) is 0.381. The van der Waals surface area contributed by atoms with Crippen LogP contribution < -0.4 is 19.0 Å². The molecule has 0 aliphatic carbocycles. The largest absolute Gasteiger partial charge is 0.497 e. The van der Waals surface area contributed by atoms with Gasteiger partial charge in [0.05, 0.1) is 27.0 Å². The molecule has 2 rings (SSSR count). The van der Waals surface area contributed by atoms with E-state index < -0.39 is 10.0 Å². The smallest absolute Gasteiger partial charge is 0.280 e. The second kappa shape index (κ2) is 9.82. The van der Waals surface area contributed by atoms with E-state index in [0.29, 0.717) is 12.4 Å². The van der Waals surface area contributed by atoms with Gasteiger partial charge in [-0.25, -0.2) is 0 Å². The maximum absolute atomic E-state index is 12.5. The molecule has 1 N–H and O–H groups in total. The number of hydrazone groups is 1. The van der Waals surface area contributed by atoms with E-state index in [4.69, 9.17) is 14.2 Å². The molecule has 27 heavy (non-hydrogen) atoms. The highest BCUT2D eigenvalue weighted by Crippen LogP contribution is 2.27. The van der Waals surface area contributed by atoms with Gasteiger partial charge in [0.25, 0.3) is 10.0 Å². The number of ether oxygens (including phenoxy) is 3. The number of unbranched alkanes of at least 4 members (excludes halogenated alkanes) is 1. The summed E-state index contributed by atoms with van der Waals surface area (Å²) < 4.78 is 40.7. The van der Waals surface area contributed by atoms with Crippen LogP contribution in [0.2, 0.25) is 0 Å². The Morgan fingerprint density at radius 3 is 2.37 bits per heavy atom. The fourth-order valence-electron chi connectivity index (χ4n) is 2.20. The fourth-order valence-corrected chi connectivity index (χ4v) is 3.18. The molecule has 0 amide bonds. The summed E-state index contributed by atoms with van der Waals surface area (Å²) in [7, 11) is -1.05. The molecule has 8 heteroatoms. The average molecular weight is 392 g/mol. The standard InChI is InChI=1S/C19H24N2O5S/c1-4-5-12-26-16-8-6-15(7-9-16)14-20-21-27(22,23)19-13-17(24-2)10-11-18(19)25-3/h6-11,13-14,21H,4-5,12H2,1-3H3/b20-14+. The minimum Gasteiger partial charge on any atom is -0.497 e. The number of hydrogen-bond acceptors (Lipinski definition) is 6. The Labute approximate surface area is 160 Å². The van der Waals surface area contributed by atoms with E-state index in [9.17, 15) is 8.42 Å². The molecule has 7 nitrogen and oxygen atoms in total. The van der Waals surface area contributed by atoms with Gasteiger partial charge >= 0.3 is 0 Å². The molecule has 0 aliphatic rings. The molecule has 0 unspecified atom stereocenters. The van der Waals surface area contributed by atoms with Gasteiger partial charge in [-0.1, -0.05) is 13.3 Å². The van der Waals surface area contributed by atoms with Crippen LogP contribution in [0.4, 0.5) is 0 Å². The summed E-state index contributed by atoms with van der Waals surface area (Å²) in [5.41, 5.74) is 0.734. The number of nitrogens with one attached hydrogen (secondary N) is 1. The van der Waals surface area contributed by atoms with Crippen LogP contribution in [0.25, 0.3) is 0 Å². The Morgan fingerprint density at radius 2 is 1.74 bits per heavy atom. The van der Waals surface area contributed by atoms with Crippen molar-refractivity contribution in [3.05, 3.63) is 48.0 Å². The Hall–Kier alpha value is -2.74. The molecular weight excluding hydrogens is 368 g/mol. The lowest BCUT2D eigenvalue weighted by atomic mass is 10.2. The van der Waals surface area contributed by atoms with Gasteiger partial charge in [0.15, 0.2) is 0 Å². The molecule has 0 bridgehead atoms. The summed E-state index contributed by atoms with van der Waals surface area (Å²) >= 11 is 0. The molecule has 0 spiro atoms. The number of nitrogens with zero attached hydrogens (tertiary/aromatic N) is 1. The highest BCUT2D eigenvalue weighted by molar-refractivity contribution is 7.89. The molecule has 0 aromatic heterocycles. The zero-order valence-electron chi connectivity index (χ0n) is 15.6. The van der Waals surface area contributed by atoms with Crippen molar-refractivity contribution in [3.63, 3.8) is 0 Å². The molecule has 2 aromatic carbocycles. The predicted molar refractivity (Wildman–Crippen MR) is 104 cm³/mol. The number of rotatable bonds is 10. The van der Waals surface area contributed by atoms with Crippen LogP contribution >= 0.6 is 0 Å². The molecule has 0 atom stereocenters. The second-order valence-electron chi connectivity index (χ2n) is 5.64. The van der Waals surface area contributed by atoms with Gasteiger partial charge in [0, 0.05) is 6.07 Å². The minimum absolute atomic E-state index is 0.0545. The van der Waals surface area contributed by atoms with Gasteiger partial charge in [-0.05, 0) is 48.4 Å². The fraction of sp³-hybridized carbons (Fsp3) is 0.316. The van der Waals surface area contributed by atoms with E-state index in [1.54, 1.807) is 18.2 Å². The van der Waals surface area contributed by atoms with Crippen molar-refractivity contribution in [2.45, 2.75) is 24.7 Å². The lowest BCUT2D eigenvalue weighted by Crippen LogP contribution is -2.19. The number of hydrogen-bond donors (Lipinski definition) is 1. The molecule has 0 radical (unpaired) electrons. The van der Waals surface area contributed by atoms with Gasteiger partial charge in [-0.2, -0.15) is 18.4 Å². The van der Waals surface area contributed by atoms with E-state index in [-0.39, 0.29) is 10.6 Å². The van der Waals surface area contributed by atoms with Crippen molar-refractivity contribution in [1.82, 2.24) is 4.83 Å². The summed E-state index contributed by atoms with van der Waals surface area (Å²) in [5, 5.41) is 3.83. The molecular formula is C19H24N2O5S. The molecule has 2 aromatic rings. The normalized spacial score (nSPS) is 11.4. The van der Waals surface area contributed by atoms with E-state index in [0.717, 1.165) is 24.2 Å². The summed E-state index contributed by atoms with van der Waals surface area (Å²) in [5.74, 6) is 1.37. The summed E-state index contributed by atoms with van der Waals surface area (Å²) in [6.45, 7) is 2.77. The van der Waals surface area contributed by atoms with Crippen molar-refractivity contribution < 1.29 is 22.6 Å². The molecule has 0 saturated heterocycles. The third-order valence-electron chi connectivity index (χ3n) is 3.69. The maximum Gasteiger partial charge on any atom is 0.280 e. The topological polar surface area (TPSA) is 86.2 Å². The van der Waals surface area contributed by atoms with Gasteiger partial charge in [-0.15, -0.1) is 0 Å². The van der Waals surface area contributed by atoms with Gasteiger partial charge in [0.2, 0.25) is 0 Å².